The topological polar surface area (TPSA) is 63.6 Å². The van der Waals surface area contributed by atoms with Crippen LogP contribution in [0.1, 0.15) is 51.9 Å². The van der Waals surface area contributed by atoms with Crippen LogP contribution in [0.15, 0.2) is 12.2 Å². The van der Waals surface area contributed by atoms with Gasteiger partial charge in [-0.25, -0.2) is 9.59 Å². The van der Waals surface area contributed by atoms with Crippen molar-refractivity contribution in [1.82, 2.24) is 0 Å². The summed E-state index contributed by atoms with van der Waals surface area (Å²) in [4.78, 5) is 21.4. The summed E-state index contributed by atoms with van der Waals surface area (Å²) in [7, 11) is 0. The van der Waals surface area contributed by atoms with E-state index in [1.54, 1.807) is 0 Å². The number of aliphatic carboxylic acids is 1. The molecular weight excluding hydrogens is 244 g/mol. The van der Waals surface area contributed by atoms with Crippen LogP contribution < -0.4 is 0 Å². The van der Waals surface area contributed by atoms with Crippen molar-refractivity contribution >= 4 is 11.9 Å². The minimum atomic E-state index is -1.13. The molecule has 0 aliphatic heterocycles. The predicted octanol–water partition coefficient (Wildman–Crippen LogP) is 3.17. The third kappa shape index (κ3) is 6.99. The van der Waals surface area contributed by atoms with Crippen LogP contribution in [0.25, 0.3) is 0 Å². The Morgan fingerprint density at radius 2 is 1.68 bits per heavy atom. The minimum absolute atomic E-state index is 0.395. The van der Waals surface area contributed by atoms with Gasteiger partial charge in [0.2, 0.25) is 0 Å². The normalized spacial score (nSPS) is 23.4. The van der Waals surface area contributed by atoms with E-state index in [-0.39, 0.29) is 0 Å². The average molecular weight is 268 g/mol. The van der Waals surface area contributed by atoms with Gasteiger partial charge in [-0.2, -0.15) is 0 Å². The van der Waals surface area contributed by atoms with E-state index in [9.17, 15) is 9.59 Å². The molecule has 0 bridgehead atoms. The highest BCUT2D eigenvalue weighted by molar-refractivity contribution is 5.90. The SMILES string of the molecule is CCCC1CCC(CCOC(=O)/C=C/C(=O)O)CC1. The molecule has 0 unspecified atom stereocenters. The van der Waals surface area contributed by atoms with Gasteiger partial charge in [0.1, 0.15) is 0 Å². The van der Waals surface area contributed by atoms with Crippen molar-refractivity contribution in [3.63, 3.8) is 0 Å². The summed E-state index contributed by atoms with van der Waals surface area (Å²) >= 11 is 0. The van der Waals surface area contributed by atoms with Crippen molar-refractivity contribution in [1.29, 1.82) is 0 Å². The maximum Gasteiger partial charge on any atom is 0.331 e. The Balaban J connectivity index is 2.11. The standard InChI is InChI=1S/C15H24O4/c1-2-3-12-4-6-13(7-5-12)10-11-19-15(18)9-8-14(16)17/h8-9,12-13H,2-7,10-11H2,1H3,(H,16,17)/b9-8+. The monoisotopic (exact) mass is 268 g/mol. The van der Waals surface area contributed by atoms with Gasteiger partial charge in [-0.3, -0.25) is 0 Å². The summed E-state index contributed by atoms with van der Waals surface area (Å²) in [5, 5.41) is 8.37. The lowest BCUT2D eigenvalue weighted by Crippen LogP contribution is -2.16. The number of hydrogen-bond donors (Lipinski definition) is 1. The van der Waals surface area contributed by atoms with Crippen molar-refractivity contribution < 1.29 is 19.4 Å². The van der Waals surface area contributed by atoms with Crippen LogP contribution in [-0.4, -0.2) is 23.7 Å². The van der Waals surface area contributed by atoms with E-state index in [1.807, 2.05) is 0 Å². The van der Waals surface area contributed by atoms with Crippen molar-refractivity contribution in [3.8, 4) is 0 Å². The fourth-order valence-electron chi connectivity index (χ4n) is 2.73. The lowest BCUT2D eigenvalue weighted by atomic mass is 9.79. The molecule has 19 heavy (non-hydrogen) atoms. The van der Waals surface area contributed by atoms with E-state index in [1.165, 1.54) is 38.5 Å². The maximum absolute atomic E-state index is 11.2. The molecule has 1 rings (SSSR count). The molecule has 0 radical (unpaired) electrons. The molecule has 4 heteroatoms. The summed E-state index contributed by atoms with van der Waals surface area (Å²) in [5.41, 5.74) is 0. The molecule has 0 aromatic carbocycles. The molecule has 0 atom stereocenters. The Bertz CT molecular complexity index is 314. The minimum Gasteiger partial charge on any atom is -0.478 e. The second-order valence-corrected chi connectivity index (χ2v) is 5.30. The van der Waals surface area contributed by atoms with E-state index in [2.05, 4.69) is 6.92 Å². The Morgan fingerprint density at radius 3 is 2.21 bits per heavy atom. The number of hydrogen-bond acceptors (Lipinski definition) is 3. The van der Waals surface area contributed by atoms with Gasteiger partial charge < -0.3 is 9.84 Å². The molecule has 0 amide bonds. The third-order valence-electron chi connectivity index (χ3n) is 3.80. The van der Waals surface area contributed by atoms with Gasteiger partial charge in [0.25, 0.3) is 0 Å². The van der Waals surface area contributed by atoms with Crippen LogP contribution >= 0.6 is 0 Å². The Labute approximate surface area is 114 Å². The molecule has 0 aromatic heterocycles. The zero-order valence-electron chi connectivity index (χ0n) is 11.6. The van der Waals surface area contributed by atoms with Crippen molar-refractivity contribution in [2.75, 3.05) is 6.61 Å². The van der Waals surface area contributed by atoms with E-state index in [0.29, 0.717) is 12.5 Å². The number of carbonyl (C=O) groups excluding carboxylic acids is 1. The quantitative estimate of drug-likeness (QED) is 0.569. The van der Waals surface area contributed by atoms with Crippen molar-refractivity contribution in [2.45, 2.75) is 51.9 Å². The van der Waals surface area contributed by atoms with Gasteiger partial charge in [-0.05, 0) is 18.3 Å². The van der Waals surface area contributed by atoms with Gasteiger partial charge in [0.15, 0.2) is 0 Å². The van der Waals surface area contributed by atoms with E-state index >= 15 is 0 Å². The largest absolute Gasteiger partial charge is 0.478 e. The van der Waals surface area contributed by atoms with Gasteiger partial charge in [-0.1, -0.05) is 45.4 Å². The lowest BCUT2D eigenvalue weighted by molar-refractivity contribution is -0.139. The van der Waals surface area contributed by atoms with Gasteiger partial charge in [0.05, 0.1) is 6.61 Å². The summed E-state index contributed by atoms with van der Waals surface area (Å²) in [5.74, 6) is -0.153. The van der Waals surface area contributed by atoms with E-state index in [4.69, 9.17) is 9.84 Å². The van der Waals surface area contributed by atoms with Gasteiger partial charge in [0, 0.05) is 12.2 Å². The fraction of sp³-hybridized carbons (Fsp3) is 0.733. The molecular formula is C15H24O4. The molecule has 0 aromatic rings. The maximum atomic E-state index is 11.2. The highest BCUT2D eigenvalue weighted by Crippen LogP contribution is 2.33. The highest BCUT2D eigenvalue weighted by atomic mass is 16.5. The number of carboxylic acids is 1. The third-order valence-corrected chi connectivity index (χ3v) is 3.80. The molecule has 0 saturated heterocycles. The molecule has 0 heterocycles. The number of carbonyl (C=O) groups is 2. The number of carboxylic acid groups (broad SMARTS) is 1. The predicted molar refractivity (Wildman–Crippen MR) is 72.7 cm³/mol. The first-order valence-corrected chi connectivity index (χ1v) is 7.19. The first-order valence-electron chi connectivity index (χ1n) is 7.19. The van der Waals surface area contributed by atoms with Crippen LogP contribution in [0, 0.1) is 11.8 Å². The first-order chi connectivity index (χ1) is 9.11. The Morgan fingerprint density at radius 1 is 1.11 bits per heavy atom. The van der Waals surface area contributed by atoms with Crippen LogP contribution in [0.5, 0.6) is 0 Å². The van der Waals surface area contributed by atoms with E-state index < -0.39 is 11.9 Å². The van der Waals surface area contributed by atoms with Crippen molar-refractivity contribution in [2.24, 2.45) is 11.8 Å². The van der Waals surface area contributed by atoms with Gasteiger partial charge in [-0.15, -0.1) is 0 Å². The molecule has 0 spiro atoms. The smallest absolute Gasteiger partial charge is 0.331 e. The number of ether oxygens (including phenoxy) is 1. The molecule has 1 saturated carbocycles. The molecule has 1 fully saturated rings. The van der Waals surface area contributed by atoms with Crippen LogP contribution in [0.3, 0.4) is 0 Å². The highest BCUT2D eigenvalue weighted by Gasteiger charge is 2.20. The average Bonchev–Trinajstić information content (AvgIpc) is 2.39. The van der Waals surface area contributed by atoms with Crippen molar-refractivity contribution in [3.05, 3.63) is 12.2 Å². The molecule has 4 nitrogen and oxygen atoms in total. The first kappa shape index (κ1) is 15.7. The number of rotatable bonds is 7. The Kier molecular flexibility index (Phi) is 7.23. The Hall–Kier alpha value is -1.32. The van der Waals surface area contributed by atoms with Crippen LogP contribution in [-0.2, 0) is 14.3 Å². The lowest BCUT2D eigenvalue weighted by Gasteiger charge is -2.28. The summed E-state index contributed by atoms with van der Waals surface area (Å²) in [6, 6.07) is 0. The van der Waals surface area contributed by atoms with E-state index in [0.717, 1.165) is 24.5 Å². The molecule has 1 aliphatic rings. The second kappa shape index (κ2) is 8.73. The van der Waals surface area contributed by atoms with Crippen LogP contribution in [0.2, 0.25) is 0 Å². The molecule has 1 aliphatic carbocycles. The summed E-state index contributed by atoms with van der Waals surface area (Å²) < 4.78 is 4.98. The fourth-order valence-corrected chi connectivity index (χ4v) is 2.73. The summed E-state index contributed by atoms with van der Waals surface area (Å²) in [6.45, 7) is 2.63. The zero-order chi connectivity index (χ0) is 14.1. The molecule has 1 N–H and O–H groups in total. The number of esters is 1. The summed E-state index contributed by atoms with van der Waals surface area (Å²) in [6.07, 6.45) is 10.3. The van der Waals surface area contributed by atoms with Gasteiger partial charge >= 0.3 is 11.9 Å². The van der Waals surface area contributed by atoms with Crippen LogP contribution in [0.4, 0.5) is 0 Å². The second-order valence-electron chi connectivity index (χ2n) is 5.30. The molecule has 108 valence electrons. The zero-order valence-corrected chi connectivity index (χ0v) is 11.6.